The Bertz CT molecular complexity index is 2410. The van der Waals surface area contributed by atoms with Crippen molar-refractivity contribution >= 4 is 41.1 Å². The van der Waals surface area contributed by atoms with Crippen molar-refractivity contribution in [2.75, 3.05) is 44.7 Å². The van der Waals surface area contributed by atoms with Gasteiger partial charge in [0.1, 0.15) is 52.4 Å². The second-order valence-corrected chi connectivity index (χ2v) is 21.6. The fourth-order valence-electron chi connectivity index (χ4n) is 8.78. The third-order valence-electron chi connectivity index (χ3n) is 11.7. The maximum atomic E-state index is 13.7. The number of nitrogens with one attached hydrogen (secondary N) is 1. The molecule has 3 amide bonds. The highest BCUT2D eigenvalue weighted by atomic mass is 16.8. The predicted octanol–water partition coefficient (Wildman–Crippen LogP) is 9.22. The third kappa shape index (κ3) is 15.0. The van der Waals surface area contributed by atoms with Crippen LogP contribution in [0.4, 0.5) is 20.2 Å². The van der Waals surface area contributed by atoms with Gasteiger partial charge in [0.05, 0.1) is 17.5 Å². The second kappa shape index (κ2) is 22.0. The lowest BCUT2D eigenvalue weighted by Gasteiger charge is -2.31. The molecule has 3 heterocycles. The zero-order valence-electron chi connectivity index (χ0n) is 42.9. The minimum atomic E-state index is -1.23. The lowest BCUT2D eigenvalue weighted by atomic mass is 10.0. The lowest BCUT2D eigenvalue weighted by molar-refractivity contribution is -0.161. The van der Waals surface area contributed by atoms with Crippen molar-refractivity contribution in [3.05, 3.63) is 78.8 Å². The van der Waals surface area contributed by atoms with E-state index in [9.17, 15) is 24.3 Å². The van der Waals surface area contributed by atoms with Crippen LogP contribution in [0.25, 0.3) is 11.0 Å². The number of alkyl carbamates (subject to hydrolysis) is 1. The van der Waals surface area contributed by atoms with Gasteiger partial charge in [-0.2, -0.15) is 0 Å². The van der Waals surface area contributed by atoms with Crippen LogP contribution in [0.3, 0.4) is 0 Å². The van der Waals surface area contributed by atoms with Crippen LogP contribution in [-0.4, -0.2) is 134 Å². The Morgan fingerprint density at radius 3 is 2.07 bits per heavy atom. The van der Waals surface area contributed by atoms with Gasteiger partial charge in [0.15, 0.2) is 11.6 Å². The van der Waals surface area contributed by atoms with Crippen LogP contribution >= 0.6 is 0 Å². The van der Waals surface area contributed by atoms with Crippen molar-refractivity contribution in [2.24, 2.45) is 5.92 Å². The molecule has 18 heteroatoms. The molecule has 6 rings (SSSR count). The number of aliphatic carboxylic acids is 1. The Labute approximate surface area is 411 Å². The van der Waals surface area contributed by atoms with Crippen molar-refractivity contribution in [1.82, 2.24) is 29.7 Å². The number of hydrogen-bond donors (Lipinski definition) is 2. The highest BCUT2D eigenvalue weighted by Crippen LogP contribution is 2.48. The number of amides is 3. The van der Waals surface area contributed by atoms with E-state index in [0.717, 1.165) is 11.3 Å². The number of rotatable bonds is 18. The van der Waals surface area contributed by atoms with Crippen molar-refractivity contribution in [3.8, 4) is 11.5 Å². The molecule has 1 aliphatic carbocycles. The second-order valence-electron chi connectivity index (χ2n) is 21.6. The number of anilines is 1. The van der Waals surface area contributed by atoms with E-state index in [2.05, 4.69) is 24.8 Å². The minimum absolute atomic E-state index is 0.0779. The van der Waals surface area contributed by atoms with Gasteiger partial charge in [0.25, 0.3) is 0 Å². The van der Waals surface area contributed by atoms with E-state index in [0.29, 0.717) is 74.6 Å². The quantitative estimate of drug-likeness (QED) is 0.0895. The molecule has 2 aliphatic rings. The number of carbonyl (C=O) groups is 4. The summed E-state index contributed by atoms with van der Waals surface area (Å²) in [6.07, 6.45) is 2.64. The van der Waals surface area contributed by atoms with Crippen LogP contribution in [0, 0.1) is 5.92 Å². The Morgan fingerprint density at radius 2 is 1.43 bits per heavy atom. The van der Waals surface area contributed by atoms with Crippen LogP contribution in [0.5, 0.6) is 11.5 Å². The molecule has 1 saturated heterocycles. The van der Waals surface area contributed by atoms with Gasteiger partial charge in [0, 0.05) is 45.3 Å². The summed E-state index contributed by atoms with van der Waals surface area (Å²) in [7, 11) is 1.62. The summed E-state index contributed by atoms with van der Waals surface area (Å²) in [5.74, 6) is -0.335. The van der Waals surface area contributed by atoms with E-state index in [4.69, 9.17) is 28.4 Å². The smallest absolute Gasteiger partial charge is 0.415 e. The number of carbonyl (C=O) groups excluding carboxylic acids is 3. The maximum absolute atomic E-state index is 13.7. The number of para-hydroxylation sites is 1. The first-order valence-corrected chi connectivity index (χ1v) is 24.1. The first kappa shape index (κ1) is 53.4. The predicted molar refractivity (Wildman–Crippen MR) is 264 cm³/mol. The highest BCUT2D eigenvalue weighted by Gasteiger charge is 2.55. The van der Waals surface area contributed by atoms with E-state index >= 15 is 0 Å². The largest absolute Gasteiger partial charge is 0.480 e. The minimum Gasteiger partial charge on any atom is -0.480 e. The van der Waals surface area contributed by atoms with E-state index in [1.807, 2.05) is 101 Å². The van der Waals surface area contributed by atoms with Crippen molar-refractivity contribution in [1.29, 1.82) is 0 Å². The summed E-state index contributed by atoms with van der Waals surface area (Å²) in [6, 6.07) is 17.8. The summed E-state index contributed by atoms with van der Waals surface area (Å²) in [5, 5.41) is 13.5. The number of aromatic nitrogens is 3. The lowest BCUT2D eigenvalue weighted by Crippen LogP contribution is -2.46. The molecule has 0 bridgehead atoms. The Hall–Kier alpha value is -5.98. The van der Waals surface area contributed by atoms with Gasteiger partial charge < -0.3 is 53.2 Å². The SMILES string of the molecule is CN(C(=O)OC(C)(C)C)c1ncnc2c1ccn2[C@@H]1C[C@H](CN(CCCN(CCc2ccc(Oc3ccccc3)cc2)C(=O)OC(C)(C)C)CCC(NC(=O)OC(C)(C)C)C(=O)O)[C@H]2OC(C)(C)O[C@H]21. The number of fused-ring (bicyclic) bond motifs is 2. The van der Waals surface area contributed by atoms with Gasteiger partial charge >= 0.3 is 24.2 Å². The molecule has 4 aromatic rings. The molecule has 18 nitrogen and oxygen atoms in total. The van der Waals surface area contributed by atoms with E-state index in [1.165, 1.54) is 11.2 Å². The molecule has 2 N–H and O–H groups in total. The first-order valence-electron chi connectivity index (χ1n) is 24.1. The Morgan fingerprint density at radius 1 is 0.800 bits per heavy atom. The summed E-state index contributed by atoms with van der Waals surface area (Å²) >= 11 is 0. The number of ether oxygens (including phenoxy) is 6. The average Bonchev–Trinajstić information content (AvgIpc) is 3.92. The molecule has 0 spiro atoms. The fraction of sp³-hybridized carbons (Fsp3) is 0.577. The van der Waals surface area contributed by atoms with Crippen LogP contribution in [0.1, 0.15) is 107 Å². The number of nitrogens with zero attached hydrogens (tertiary/aromatic N) is 6. The zero-order chi connectivity index (χ0) is 51.2. The van der Waals surface area contributed by atoms with Crippen LogP contribution < -0.4 is 15.0 Å². The molecule has 0 radical (unpaired) electrons. The van der Waals surface area contributed by atoms with Crippen molar-refractivity contribution in [2.45, 2.75) is 149 Å². The van der Waals surface area contributed by atoms with Gasteiger partial charge in [-0.15, -0.1) is 0 Å². The third-order valence-corrected chi connectivity index (χ3v) is 11.7. The normalized spacial score (nSPS) is 19.3. The molecule has 2 aromatic heterocycles. The fourth-order valence-corrected chi connectivity index (χ4v) is 8.78. The maximum Gasteiger partial charge on any atom is 0.415 e. The van der Waals surface area contributed by atoms with Gasteiger partial charge in [-0.1, -0.05) is 30.3 Å². The van der Waals surface area contributed by atoms with Crippen LogP contribution in [0.2, 0.25) is 0 Å². The summed E-state index contributed by atoms with van der Waals surface area (Å²) in [5.41, 5.74) is -0.603. The van der Waals surface area contributed by atoms with Crippen LogP contribution in [-0.2, 0) is 34.9 Å². The average molecular weight is 972 g/mol. The molecule has 70 heavy (non-hydrogen) atoms. The molecule has 5 atom stereocenters. The molecule has 2 fully saturated rings. The van der Waals surface area contributed by atoms with Gasteiger partial charge in [-0.05, 0) is 144 Å². The Balaban J connectivity index is 1.22. The van der Waals surface area contributed by atoms with Gasteiger partial charge in [-0.3, -0.25) is 4.90 Å². The molecule has 1 saturated carbocycles. The molecule has 382 valence electrons. The first-order chi connectivity index (χ1) is 32.7. The number of hydrogen-bond acceptors (Lipinski definition) is 13. The van der Waals surface area contributed by atoms with Gasteiger partial charge in [0.2, 0.25) is 0 Å². The number of carboxylic acids is 1. The Kier molecular flexibility index (Phi) is 16.8. The highest BCUT2D eigenvalue weighted by molar-refractivity contribution is 5.97. The van der Waals surface area contributed by atoms with Gasteiger partial charge in [-0.25, -0.2) is 29.1 Å². The van der Waals surface area contributed by atoms with Crippen molar-refractivity contribution < 1.29 is 52.7 Å². The monoisotopic (exact) mass is 972 g/mol. The molecular formula is C52H73N7O11. The summed E-state index contributed by atoms with van der Waals surface area (Å²) in [4.78, 5) is 66.7. The van der Waals surface area contributed by atoms with E-state index in [1.54, 1.807) is 53.5 Å². The van der Waals surface area contributed by atoms with Crippen molar-refractivity contribution in [3.63, 3.8) is 0 Å². The van der Waals surface area contributed by atoms with E-state index < -0.39 is 52.9 Å². The number of carboxylic acid groups (broad SMARTS) is 1. The zero-order valence-corrected chi connectivity index (χ0v) is 42.9. The summed E-state index contributed by atoms with van der Waals surface area (Å²) < 4.78 is 38.3. The molecular weight excluding hydrogens is 899 g/mol. The molecule has 2 aromatic carbocycles. The molecule has 1 aliphatic heterocycles. The standard InChI is InChI=1S/C52H73N7O11/c1-49(2,3)68-46(62)55-39(45(60)61)25-28-57(26-16-27-58(48(64)70-51(7,8)9)29-23-34-19-21-37(22-20-34)65-36-17-14-13-15-18-36)32-35-31-40(42-41(35)66-52(10,11)67-42)59-30-24-38-43(53-33-54-44(38)59)56(12)47(63)69-50(4,5)6/h13-15,17-22,24,30,33,35,39-42H,16,23,25-29,31-32H2,1-12H3,(H,55,62)(H,60,61)/t35-,39?,40-,41-,42+/m1/s1. The van der Waals surface area contributed by atoms with Crippen LogP contribution in [0.15, 0.2) is 73.2 Å². The number of benzene rings is 2. The molecule has 1 unspecified atom stereocenters. The van der Waals surface area contributed by atoms with E-state index in [-0.39, 0.29) is 30.6 Å². The topological polar surface area (TPSA) is 196 Å². The summed E-state index contributed by atoms with van der Waals surface area (Å²) in [6.45, 7) is 21.9.